The molecule has 3 aromatic heterocycles. The number of benzene rings is 1. The Balaban J connectivity index is 1.22. The van der Waals surface area contributed by atoms with E-state index >= 15 is 0 Å². The third-order valence-corrected chi connectivity index (χ3v) is 9.34. The number of rotatable bonds is 8. The molecule has 0 radical (unpaired) electrons. The summed E-state index contributed by atoms with van der Waals surface area (Å²) in [5, 5.41) is 48.7. The molecule has 0 unspecified atom stereocenters. The molecular weight excluding hydrogens is 643 g/mol. The Hall–Kier alpha value is -3.16. The summed E-state index contributed by atoms with van der Waals surface area (Å²) in [5.74, 6) is -4.41. The van der Waals surface area contributed by atoms with Gasteiger partial charge in [-0.2, -0.15) is 0 Å². The van der Waals surface area contributed by atoms with Gasteiger partial charge >= 0.3 is 0 Å². The van der Waals surface area contributed by atoms with Crippen LogP contribution in [-0.2, 0) is 14.2 Å². The van der Waals surface area contributed by atoms with E-state index in [0.29, 0.717) is 16.4 Å². The number of aliphatic hydroxyl groups excluding tert-OH is 3. The van der Waals surface area contributed by atoms with Crippen LogP contribution in [0, 0.1) is 17.5 Å². The number of thioether (sulfide) groups is 1. The second-order valence-electron chi connectivity index (χ2n) is 10.5. The SMILES string of the molecule is CO[C@@H]1[C@@H](n2cc(-c3cc(F)c(F)c(F)c3)nn2)[C@@H](O)[C@@H](CO)O[C@H]1S[C@@H]1COC[C@H](n2cc(-c3ccnc(Cl)c3)nn2)[C@H]1O. The van der Waals surface area contributed by atoms with Crippen LogP contribution in [0.1, 0.15) is 12.1 Å². The summed E-state index contributed by atoms with van der Waals surface area (Å²) in [4.78, 5) is 3.96. The van der Waals surface area contributed by atoms with Crippen molar-refractivity contribution in [2.24, 2.45) is 0 Å². The first-order valence-electron chi connectivity index (χ1n) is 13.7. The standard InChI is InChI=1S/C27H27ClF3N7O6S/c1-42-26-23(38-8-17(34-36-38)13-4-14(29)22(31)15(30)5-13)25(41)19(9-39)44-27(26)45-20-11-43-10-18(24(20)40)37-7-16(33-35-37)12-2-3-32-21(28)6-12/h2-8,18-20,23-27,39-41H,9-11H2,1H3/t18-,19+,20+,23-,24+,25-,26+,27-/m0/s1. The molecule has 0 saturated carbocycles. The molecule has 2 saturated heterocycles. The van der Waals surface area contributed by atoms with E-state index in [1.54, 1.807) is 24.5 Å². The van der Waals surface area contributed by atoms with Crippen molar-refractivity contribution in [3.05, 3.63) is 65.5 Å². The molecule has 6 rings (SSSR count). The summed E-state index contributed by atoms with van der Waals surface area (Å²) in [6, 6.07) is 3.34. The van der Waals surface area contributed by atoms with Gasteiger partial charge in [0.05, 0.1) is 43.6 Å². The molecule has 0 aliphatic carbocycles. The molecule has 240 valence electrons. The first-order valence-corrected chi connectivity index (χ1v) is 15.0. The average Bonchev–Trinajstić information content (AvgIpc) is 3.72. The normalized spacial score (nSPS) is 28.8. The van der Waals surface area contributed by atoms with E-state index in [9.17, 15) is 28.5 Å². The average molecular weight is 670 g/mol. The Kier molecular flexibility index (Phi) is 9.39. The van der Waals surface area contributed by atoms with Crippen molar-refractivity contribution in [3.63, 3.8) is 0 Å². The quantitative estimate of drug-likeness (QED) is 0.185. The number of hydrogen-bond acceptors (Lipinski definition) is 12. The zero-order valence-corrected chi connectivity index (χ0v) is 25.0. The van der Waals surface area contributed by atoms with Crippen LogP contribution >= 0.6 is 23.4 Å². The Morgan fingerprint density at radius 1 is 1.00 bits per heavy atom. The van der Waals surface area contributed by atoms with Crippen molar-refractivity contribution >= 4 is 23.4 Å². The lowest BCUT2D eigenvalue weighted by molar-refractivity contribution is -0.186. The van der Waals surface area contributed by atoms with Crippen molar-refractivity contribution in [2.45, 2.75) is 47.2 Å². The summed E-state index contributed by atoms with van der Waals surface area (Å²) in [6.45, 7) is -0.259. The first kappa shape index (κ1) is 31.8. The van der Waals surface area contributed by atoms with Crippen molar-refractivity contribution in [3.8, 4) is 22.5 Å². The van der Waals surface area contributed by atoms with Gasteiger partial charge in [-0.05, 0) is 24.3 Å². The maximum atomic E-state index is 13.9. The monoisotopic (exact) mass is 669 g/mol. The number of halogens is 4. The Labute approximate surface area is 262 Å². The fraction of sp³-hybridized carbons (Fsp3) is 0.444. The summed E-state index contributed by atoms with van der Waals surface area (Å²) < 4.78 is 61.6. The van der Waals surface area contributed by atoms with Gasteiger partial charge in [0.2, 0.25) is 0 Å². The van der Waals surface area contributed by atoms with Gasteiger partial charge in [0.25, 0.3) is 0 Å². The van der Waals surface area contributed by atoms with Crippen molar-refractivity contribution < 1.29 is 42.7 Å². The smallest absolute Gasteiger partial charge is 0.194 e. The van der Waals surface area contributed by atoms with E-state index in [-0.39, 0.29) is 24.5 Å². The molecular formula is C27H27ClF3N7O6S. The topological polar surface area (TPSA) is 163 Å². The molecule has 8 atom stereocenters. The molecule has 18 heteroatoms. The second-order valence-corrected chi connectivity index (χ2v) is 12.2. The lowest BCUT2D eigenvalue weighted by Gasteiger charge is -2.45. The molecule has 2 fully saturated rings. The van der Waals surface area contributed by atoms with E-state index in [4.69, 9.17) is 25.8 Å². The molecule has 0 spiro atoms. The van der Waals surface area contributed by atoms with Crippen LogP contribution in [0.3, 0.4) is 0 Å². The van der Waals surface area contributed by atoms with Gasteiger partial charge < -0.3 is 29.5 Å². The first-order chi connectivity index (χ1) is 21.7. The number of pyridine rings is 1. The van der Waals surface area contributed by atoms with Gasteiger partial charge in [-0.15, -0.1) is 22.0 Å². The summed E-state index contributed by atoms with van der Waals surface area (Å²) in [6.07, 6.45) is 0.203. The number of hydrogen-bond donors (Lipinski definition) is 3. The highest BCUT2D eigenvalue weighted by atomic mass is 35.5. The van der Waals surface area contributed by atoms with E-state index in [2.05, 4.69) is 25.6 Å². The van der Waals surface area contributed by atoms with Crippen molar-refractivity contribution in [2.75, 3.05) is 26.9 Å². The molecule has 1 aromatic carbocycles. The lowest BCUT2D eigenvalue weighted by Crippen LogP contribution is -2.56. The maximum Gasteiger partial charge on any atom is 0.194 e. The third-order valence-electron chi connectivity index (χ3n) is 7.72. The van der Waals surface area contributed by atoms with E-state index in [0.717, 1.165) is 12.1 Å². The zero-order chi connectivity index (χ0) is 31.8. The van der Waals surface area contributed by atoms with Gasteiger partial charge in [0.1, 0.15) is 52.4 Å². The number of ether oxygens (including phenoxy) is 3. The Morgan fingerprint density at radius 3 is 2.38 bits per heavy atom. The molecule has 4 aromatic rings. The van der Waals surface area contributed by atoms with Crippen LogP contribution in [0.15, 0.2) is 42.9 Å². The molecule has 3 N–H and O–H groups in total. The molecule has 0 bridgehead atoms. The maximum absolute atomic E-state index is 13.9. The highest BCUT2D eigenvalue weighted by molar-refractivity contribution is 8.00. The van der Waals surface area contributed by atoms with Crippen LogP contribution in [0.4, 0.5) is 13.2 Å². The Morgan fingerprint density at radius 2 is 1.69 bits per heavy atom. The minimum absolute atomic E-state index is 0.00581. The third kappa shape index (κ3) is 6.31. The van der Waals surface area contributed by atoms with Crippen LogP contribution in [0.2, 0.25) is 5.15 Å². The Bertz CT molecular complexity index is 1630. The number of aliphatic hydroxyl groups is 3. The minimum atomic E-state index is -1.62. The molecule has 45 heavy (non-hydrogen) atoms. The molecule has 2 aliphatic rings. The van der Waals surface area contributed by atoms with E-state index in [1.807, 2.05) is 0 Å². The molecule has 2 aliphatic heterocycles. The second kappa shape index (κ2) is 13.3. The van der Waals surface area contributed by atoms with Crippen molar-refractivity contribution in [1.82, 2.24) is 35.0 Å². The van der Waals surface area contributed by atoms with Crippen molar-refractivity contribution in [1.29, 1.82) is 0 Å². The molecule has 5 heterocycles. The summed E-state index contributed by atoms with van der Waals surface area (Å²) in [5.41, 5.74) is 0.293. The predicted octanol–water partition coefficient (Wildman–Crippen LogP) is 2.04. The van der Waals surface area contributed by atoms with E-state index in [1.165, 1.54) is 34.4 Å². The van der Waals surface area contributed by atoms with Gasteiger partial charge in [0, 0.05) is 24.4 Å². The lowest BCUT2D eigenvalue weighted by atomic mass is 9.97. The fourth-order valence-electron chi connectivity index (χ4n) is 5.39. The van der Waals surface area contributed by atoms with Gasteiger partial charge in [0.15, 0.2) is 17.5 Å². The predicted molar refractivity (Wildman–Crippen MR) is 152 cm³/mol. The highest BCUT2D eigenvalue weighted by Gasteiger charge is 2.49. The number of methoxy groups -OCH3 is 1. The van der Waals surface area contributed by atoms with E-state index < -0.39 is 71.2 Å². The van der Waals surface area contributed by atoms with Gasteiger partial charge in [-0.25, -0.2) is 27.5 Å². The van der Waals surface area contributed by atoms with Crippen LogP contribution in [-0.4, -0.2) is 112 Å². The van der Waals surface area contributed by atoms with Gasteiger partial charge in [-0.1, -0.05) is 22.0 Å². The van der Waals surface area contributed by atoms with Gasteiger partial charge in [-0.3, -0.25) is 0 Å². The van der Waals surface area contributed by atoms with Crippen LogP contribution in [0.25, 0.3) is 22.5 Å². The van der Waals surface area contributed by atoms with Crippen LogP contribution < -0.4 is 0 Å². The largest absolute Gasteiger partial charge is 0.394 e. The minimum Gasteiger partial charge on any atom is -0.394 e. The number of nitrogens with zero attached hydrogens (tertiary/aromatic N) is 7. The molecule has 0 amide bonds. The number of aromatic nitrogens is 7. The summed E-state index contributed by atoms with van der Waals surface area (Å²) in [7, 11) is 1.39. The van der Waals surface area contributed by atoms with Crippen LogP contribution in [0.5, 0.6) is 0 Å². The fourth-order valence-corrected chi connectivity index (χ4v) is 7.06. The zero-order valence-electron chi connectivity index (χ0n) is 23.4. The molecule has 13 nitrogen and oxygen atoms in total. The highest BCUT2D eigenvalue weighted by Crippen LogP contribution is 2.41. The summed E-state index contributed by atoms with van der Waals surface area (Å²) >= 11 is 7.18.